The lowest BCUT2D eigenvalue weighted by Gasteiger charge is -2.27. The van der Waals surface area contributed by atoms with Crippen molar-refractivity contribution in [2.75, 3.05) is 26.3 Å². The molecular weight excluding hydrogens is 417 g/mol. The van der Waals surface area contributed by atoms with Gasteiger partial charge in [-0.3, -0.25) is 0 Å². The third-order valence-electron chi connectivity index (χ3n) is 4.18. The van der Waals surface area contributed by atoms with Crippen molar-refractivity contribution in [3.63, 3.8) is 0 Å². The first kappa shape index (κ1) is 18.7. The summed E-state index contributed by atoms with van der Waals surface area (Å²) in [4.78, 5) is 6.62. The second kappa shape index (κ2) is 8.48. The largest absolute Gasteiger partial charge is 0.378 e. The van der Waals surface area contributed by atoms with Crippen molar-refractivity contribution in [1.82, 2.24) is 14.7 Å². The molecule has 1 aliphatic heterocycles. The number of morpholine rings is 1. The molecule has 0 amide bonds. The fraction of sp³-hybridized carbons (Fsp3) is 0.412. The number of nitrogens with zero attached hydrogens (tertiary/aromatic N) is 4. The Kier molecular flexibility index (Phi) is 6.61. The van der Waals surface area contributed by atoms with Crippen LogP contribution in [0.15, 0.2) is 35.3 Å². The van der Waals surface area contributed by atoms with E-state index in [-0.39, 0.29) is 24.0 Å². The number of aromatic nitrogens is 2. The molecule has 0 radical (unpaired) electrons. The van der Waals surface area contributed by atoms with E-state index in [1.54, 1.807) is 0 Å². The van der Waals surface area contributed by atoms with Crippen molar-refractivity contribution < 1.29 is 4.74 Å². The average molecular weight is 441 g/mol. The fourth-order valence-electron chi connectivity index (χ4n) is 2.78. The van der Waals surface area contributed by atoms with Crippen LogP contribution in [-0.4, -0.2) is 46.9 Å². The maximum absolute atomic E-state index is 6.11. The van der Waals surface area contributed by atoms with Gasteiger partial charge in [-0.05, 0) is 26.0 Å². The highest BCUT2D eigenvalue weighted by Crippen LogP contribution is 2.18. The van der Waals surface area contributed by atoms with E-state index in [1.165, 1.54) is 0 Å². The maximum atomic E-state index is 6.11. The van der Waals surface area contributed by atoms with Gasteiger partial charge in [0.2, 0.25) is 0 Å². The van der Waals surface area contributed by atoms with Crippen molar-refractivity contribution in [3.05, 3.63) is 47.3 Å². The first-order chi connectivity index (χ1) is 11.2. The summed E-state index contributed by atoms with van der Waals surface area (Å²) in [5.74, 6) is 0.583. The van der Waals surface area contributed by atoms with Gasteiger partial charge in [0.15, 0.2) is 5.96 Å². The van der Waals surface area contributed by atoms with Crippen LogP contribution in [0.4, 0.5) is 0 Å². The highest BCUT2D eigenvalue weighted by atomic mass is 127. The maximum Gasteiger partial charge on any atom is 0.191 e. The number of benzene rings is 1. The van der Waals surface area contributed by atoms with Gasteiger partial charge in [-0.2, -0.15) is 5.10 Å². The molecule has 0 spiro atoms. The predicted molar refractivity (Wildman–Crippen MR) is 106 cm³/mol. The van der Waals surface area contributed by atoms with Gasteiger partial charge in [-0.25, -0.2) is 9.67 Å². The van der Waals surface area contributed by atoms with Crippen molar-refractivity contribution in [1.29, 1.82) is 0 Å². The molecule has 1 fully saturated rings. The molecule has 0 atom stereocenters. The van der Waals surface area contributed by atoms with Crippen LogP contribution < -0.4 is 5.73 Å². The number of ether oxygens (including phenoxy) is 1. The monoisotopic (exact) mass is 441 g/mol. The number of hydrogen-bond donors (Lipinski definition) is 1. The van der Waals surface area contributed by atoms with E-state index in [0.29, 0.717) is 25.7 Å². The molecule has 1 aromatic carbocycles. The van der Waals surface area contributed by atoms with Gasteiger partial charge in [-0.1, -0.05) is 18.2 Å². The van der Waals surface area contributed by atoms with Crippen LogP contribution in [0.3, 0.4) is 0 Å². The summed E-state index contributed by atoms with van der Waals surface area (Å²) in [6.07, 6.45) is 0. The minimum atomic E-state index is 0. The molecule has 1 aliphatic rings. The Bertz CT molecular complexity index is 693. The minimum Gasteiger partial charge on any atom is -0.378 e. The first-order valence-electron chi connectivity index (χ1n) is 7.90. The summed E-state index contributed by atoms with van der Waals surface area (Å²) in [6, 6.07) is 10.1. The first-order valence-corrected chi connectivity index (χ1v) is 7.90. The molecule has 24 heavy (non-hydrogen) atoms. The SMILES string of the molecule is Cc1nn(-c2ccccc2)c(C)c1CN=C(N)N1CCOCC1.I. The van der Waals surface area contributed by atoms with Gasteiger partial charge in [0.1, 0.15) is 0 Å². The zero-order valence-corrected chi connectivity index (χ0v) is 16.4. The van der Waals surface area contributed by atoms with Crippen LogP contribution in [0.2, 0.25) is 0 Å². The molecule has 0 aliphatic carbocycles. The average Bonchev–Trinajstić information content (AvgIpc) is 2.88. The summed E-state index contributed by atoms with van der Waals surface area (Å²) in [5.41, 5.74) is 10.4. The van der Waals surface area contributed by atoms with Crippen LogP contribution in [0.25, 0.3) is 5.69 Å². The molecule has 0 saturated carbocycles. The molecule has 6 nitrogen and oxygen atoms in total. The van der Waals surface area contributed by atoms with E-state index in [4.69, 9.17) is 10.5 Å². The number of nitrogens with two attached hydrogens (primary N) is 1. The van der Waals surface area contributed by atoms with Crippen molar-refractivity contribution in [2.45, 2.75) is 20.4 Å². The second-order valence-corrected chi connectivity index (χ2v) is 5.67. The van der Waals surface area contributed by atoms with Crippen LogP contribution in [0.5, 0.6) is 0 Å². The summed E-state index contributed by atoms with van der Waals surface area (Å²) >= 11 is 0. The Labute approximate surface area is 159 Å². The van der Waals surface area contributed by atoms with Gasteiger partial charge < -0.3 is 15.4 Å². The predicted octanol–water partition coefficient (Wildman–Crippen LogP) is 2.25. The highest BCUT2D eigenvalue weighted by molar-refractivity contribution is 14.0. The fourth-order valence-corrected chi connectivity index (χ4v) is 2.78. The van der Waals surface area contributed by atoms with Crippen LogP contribution in [0.1, 0.15) is 17.0 Å². The Morgan fingerprint density at radius 3 is 2.54 bits per heavy atom. The summed E-state index contributed by atoms with van der Waals surface area (Å²) in [6.45, 7) is 7.66. The number of aryl methyl sites for hydroxylation is 1. The Balaban J connectivity index is 0.00000208. The minimum absolute atomic E-state index is 0. The molecule has 2 aromatic rings. The van der Waals surface area contributed by atoms with Crippen LogP contribution in [0, 0.1) is 13.8 Å². The molecule has 2 N–H and O–H groups in total. The normalized spacial score (nSPS) is 15.2. The molecule has 130 valence electrons. The Hall–Kier alpha value is -1.61. The topological polar surface area (TPSA) is 68.7 Å². The van der Waals surface area contributed by atoms with Crippen LogP contribution >= 0.6 is 24.0 Å². The molecule has 2 heterocycles. The molecule has 1 aromatic heterocycles. The van der Waals surface area contributed by atoms with E-state index >= 15 is 0 Å². The van der Waals surface area contributed by atoms with Crippen molar-refractivity contribution in [3.8, 4) is 5.69 Å². The smallest absolute Gasteiger partial charge is 0.191 e. The number of guanidine groups is 1. The Morgan fingerprint density at radius 1 is 1.21 bits per heavy atom. The van der Waals surface area contributed by atoms with Crippen molar-refractivity contribution in [2.24, 2.45) is 10.7 Å². The standard InChI is InChI=1S/C17H23N5O.HI/c1-13-16(12-19-17(18)21-8-10-23-11-9-21)14(2)22(20-13)15-6-4-3-5-7-15;/h3-7H,8-12H2,1-2H3,(H2,18,19);1H. The van der Waals surface area contributed by atoms with Crippen molar-refractivity contribution >= 4 is 29.9 Å². The molecule has 3 rings (SSSR count). The highest BCUT2D eigenvalue weighted by Gasteiger charge is 2.15. The van der Waals surface area contributed by atoms with E-state index in [0.717, 1.165) is 35.7 Å². The summed E-state index contributed by atoms with van der Waals surface area (Å²) in [7, 11) is 0. The molecule has 0 bridgehead atoms. The Morgan fingerprint density at radius 2 is 1.88 bits per heavy atom. The number of hydrogen-bond acceptors (Lipinski definition) is 3. The van der Waals surface area contributed by atoms with E-state index in [9.17, 15) is 0 Å². The zero-order valence-electron chi connectivity index (χ0n) is 14.1. The van der Waals surface area contributed by atoms with Gasteiger partial charge in [0.25, 0.3) is 0 Å². The number of aliphatic imine (C=N–C) groups is 1. The van der Waals surface area contributed by atoms with E-state index in [2.05, 4.69) is 34.0 Å². The molecule has 1 saturated heterocycles. The zero-order chi connectivity index (χ0) is 16.2. The third kappa shape index (κ3) is 4.07. The number of rotatable bonds is 3. The lowest BCUT2D eigenvalue weighted by molar-refractivity contribution is 0.0674. The number of para-hydroxylation sites is 1. The summed E-state index contributed by atoms with van der Waals surface area (Å²) in [5, 5.41) is 4.64. The number of halogens is 1. The van der Waals surface area contributed by atoms with E-state index in [1.807, 2.05) is 29.8 Å². The summed E-state index contributed by atoms with van der Waals surface area (Å²) < 4.78 is 7.30. The van der Waals surface area contributed by atoms with Gasteiger partial charge in [0, 0.05) is 24.3 Å². The van der Waals surface area contributed by atoms with Gasteiger partial charge in [-0.15, -0.1) is 24.0 Å². The lowest BCUT2D eigenvalue weighted by atomic mass is 10.2. The van der Waals surface area contributed by atoms with Gasteiger partial charge in [0.05, 0.1) is 31.1 Å². The molecular formula is C17H24IN5O. The van der Waals surface area contributed by atoms with Crippen LogP contribution in [-0.2, 0) is 11.3 Å². The van der Waals surface area contributed by atoms with E-state index < -0.39 is 0 Å². The lowest BCUT2D eigenvalue weighted by Crippen LogP contribution is -2.44. The molecule has 0 unspecified atom stereocenters. The third-order valence-corrected chi connectivity index (χ3v) is 4.18. The molecule has 7 heteroatoms. The van der Waals surface area contributed by atoms with Gasteiger partial charge >= 0.3 is 0 Å². The quantitative estimate of drug-likeness (QED) is 0.451. The second-order valence-electron chi connectivity index (χ2n) is 5.67.